The molecule has 0 amide bonds. The van der Waals surface area contributed by atoms with E-state index >= 15 is 0 Å². The zero-order valence-electron chi connectivity index (χ0n) is 14.6. The normalized spacial score (nSPS) is 50.7. The minimum Gasteiger partial charge on any atom is -0.393 e. The molecular formula is C21H30O2. The summed E-state index contributed by atoms with van der Waals surface area (Å²) in [5, 5.41) is 10.1. The van der Waals surface area contributed by atoms with Crippen molar-refractivity contribution in [3.63, 3.8) is 0 Å². The predicted octanol–water partition coefficient (Wildman–Crippen LogP) is 4.44. The summed E-state index contributed by atoms with van der Waals surface area (Å²) in [6.07, 6.45) is 14.4. The van der Waals surface area contributed by atoms with Crippen LogP contribution in [0.25, 0.3) is 0 Å². The van der Waals surface area contributed by atoms with E-state index in [1.165, 1.54) is 31.3 Å². The molecule has 4 aliphatic rings. The van der Waals surface area contributed by atoms with Crippen molar-refractivity contribution in [3.8, 4) is 0 Å². The summed E-state index contributed by atoms with van der Waals surface area (Å²) in [5.74, 6) is 2.30. The Morgan fingerprint density at radius 3 is 2.65 bits per heavy atom. The second-order valence-electron chi connectivity index (χ2n) is 8.98. The van der Waals surface area contributed by atoms with Gasteiger partial charge in [0.2, 0.25) is 0 Å². The SMILES string of the molecule is C[C@]12CC[C@H](O)CC1=CCC1C2CC[C@]2(C)/C(=C/C=O)CCC12. The van der Waals surface area contributed by atoms with Crippen molar-refractivity contribution < 1.29 is 9.90 Å². The molecule has 126 valence electrons. The van der Waals surface area contributed by atoms with E-state index in [1.807, 2.05) is 6.08 Å². The van der Waals surface area contributed by atoms with Gasteiger partial charge < -0.3 is 5.11 Å². The highest BCUT2D eigenvalue weighted by Gasteiger charge is 2.56. The average Bonchev–Trinajstić information content (AvgIpc) is 2.85. The maximum Gasteiger partial charge on any atom is 0.142 e. The van der Waals surface area contributed by atoms with Crippen LogP contribution in [0.2, 0.25) is 0 Å². The molecule has 0 heterocycles. The van der Waals surface area contributed by atoms with E-state index in [2.05, 4.69) is 19.9 Å². The van der Waals surface area contributed by atoms with Gasteiger partial charge in [-0.1, -0.05) is 31.1 Å². The fraction of sp³-hybridized carbons (Fsp3) is 0.762. The molecule has 0 aromatic rings. The highest BCUT2D eigenvalue weighted by molar-refractivity contribution is 5.67. The quantitative estimate of drug-likeness (QED) is 0.441. The number of allylic oxidation sites excluding steroid dienone is 3. The summed E-state index contributed by atoms with van der Waals surface area (Å²) in [5.41, 5.74) is 3.54. The van der Waals surface area contributed by atoms with Crippen LogP contribution in [0.4, 0.5) is 0 Å². The number of aldehydes is 1. The zero-order chi connectivity index (χ0) is 16.2. The fourth-order valence-corrected chi connectivity index (χ4v) is 6.85. The Morgan fingerprint density at radius 1 is 1.13 bits per heavy atom. The third-order valence-electron chi connectivity index (χ3n) is 8.19. The van der Waals surface area contributed by atoms with Gasteiger partial charge >= 0.3 is 0 Å². The molecule has 1 N–H and O–H groups in total. The number of aliphatic hydroxyl groups is 1. The van der Waals surface area contributed by atoms with Crippen LogP contribution in [0.15, 0.2) is 23.3 Å². The minimum absolute atomic E-state index is 0.117. The first kappa shape index (κ1) is 15.6. The molecule has 0 saturated heterocycles. The molecule has 3 saturated carbocycles. The van der Waals surface area contributed by atoms with E-state index in [1.54, 1.807) is 5.57 Å². The van der Waals surface area contributed by atoms with Crippen molar-refractivity contribution in [2.45, 2.75) is 71.3 Å². The monoisotopic (exact) mass is 314 g/mol. The number of hydrogen-bond acceptors (Lipinski definition) is 2. The van der Waals surface area contributed by atoms with Gasteiger partial charge in [0.1, 0.15) is 6.29 Å². The number of carbonyl (C=O) groups is 1. The third-order valence-corrected chi connectivity index (χ3v) is 8.19. The van der Waals surface area contributed by atoms with E-state index in [0.29, 0.717) is 5.41 Å². The Hall–Kier alpha value is -0.890. The van der Waals surface area contributed by atoms with Crippen molar-refractivity contribution in [2.24, 2.45) is 28.6 Å². The largest absolute Gasteiger partial charge is 0.393 e. The maximum atomic E-state index is 11.0. The average molecular weight is 314 g/mol. The summed E-state index contributed by atoms with van der Waals surface area (Å²) < 4.78 is 0. The van der Waals surface area contributed by atoms with E-state index in [9.17, 15) is 9.90 Å². The van der Waals surface area contributed by atoms with Gasteiger partial charge in [0.05, 0.1) is 6.10 Å². The second-order valence-corrected chi connectivity index (χ2v) is 8.98. The molecule has 0 spiro atoms. The fourth-order valence-electron chi connectivity index (χ4n) is 6.85. The minimum atomic E-state index is -0.117. The topological polar surface area (TPSA) is 37.3 Å². The molecule has 2 heteroatoms. The predicted molar refractivity (Wildman–Crippen MR) is 91.9 cm³/mol. The zero-order valence-corrected chi connectivity index (χ0v) is 14.6. The Kier molecular flexibility index (Phi) is 3.61. The molecule has 6 atom stereocenters. The molecule has 0 aromatic carbocycles. The molecule has 2 nitrogen and oxygen atoms in total. The summed E-state index contributed by atoms with van der Waals surface area (Å²) in [7, 11) is 0. The summed E-state index contributed by atoms with van der Waals surface area (Å²) >= 11 is 0. The summed E-state index contributed by atoms with van der Waals surface area (Å²) in [4.78, 5) is 11.0. The molecule has 0 aliphatic heterocycles. The van der Waals surface area contributed by atoms with Crippen molar-refractivity contribution in [1.29, 1.82) is 0 Å². The molecule has 0 aromatic heterocycles. The first-order chi connectivity index (χ1) is 11.0. The van der Waals surface area contributed by atoms with Gasteiger partial charge in [-0.3, -0.25) is 4.79 Å². The molecule has 0 radical (unpaired) electrons. The standard InChI is InChI=1S/C21H30O2/c1-20-11-8-19-17(18(20)6-4-14(20)9-12-22)5-3-15-13-16(23)7-10-21(15,19)2/h3,9,12,16-19,23H,4-8,10-11,13H2,1-2H3/b14-9+/t16-,17?,18?,19?,20+,21-/m0/s1. The smallest absolute Gasteiger partial charge is 0.142 e. The Bertz CT molecular complexity index is 574. The number of aliphatic hydroxyl groups excluding tert-OH is 1. The number of rotatable bonds is 1. The van der Waals surface area contributed by atoms with Crippen molar-refractivity contribution >= 4 is 6.29 Å². The van der Waals surface area contributed by atoms with Gasteiger partial charge in [-0.05, 0) is 86.0 Å². The van der Waals surface area contributed by atoms with Crippen LogP contribution in [0.1, 0.15) is 65.2 Å². The van der Waals surface area contributed by atoms with Gasteiger partial charge in [-0.25, -0.2) is 0 Å². The van der Waals surface area contributed by atoms with Crippen molar-refractivity contribution in [1.82, 2.24) is 0 Å². The molecule has 23 heavy (non-hydrogen) atoms. The van der Waals surface area contributed by atoms with Crippen LogP contribution in [0.3, 0.4) is 0 Å². The Labute approximate surface area is 140 Å². The van der Waals surface area contributed by atoms with Crippen LogP contribution in [0.5, 0.6) is 0 Å². The molecular weight excluding hydrogens is 284 g/mol. The second kappa shape index (κ2) is 5.31. The van der Waals surface area contributed by atoms with E-state index < -0.39 is 0 Å². The van der Waals surface area contributed by atoms with Gasteiger partial charge in [-0.15, -0.1) is 0 Å². The van der Waals surface area contributed by atoms with Gasteiger partial charge in [0.25, 0.3) is 0 Å². The lowest BCUT2D eigenvalue weighted by molar-refractivity contribution is -0.104. The number of carbonyl (C=O) groups excluding carboxylic acids is 1. The Balaban J connectivity index is 1.67. The van der Waals surface area contributed by atoms with Gasteiger partial charge in [0, 0.05) is 0 Å². The van der Waals surface area contributed by atoms with Crippen LogP contribution < -0.4 is 0 Å². The van der Waals surface area contributed by atoms with Crippen molar-refractivity contribution in [3.05, 3.63) is 23.3 Å². The highest BCUT2D eigenvalue weighted by atomic mass is 16.3. The van der Waals surface area contributed by atoms with Crippen LogP contribution in [-0.2, 0) is 4.79 Å². The first-order valence-electron chi connectivity index (χ1n) is 9.51. The Morgan fingerprint density at radius 2 is 1.87 bits per heavy atom. The highest BCUT2D eigenvalue weighted by Crippen LogP contribution is 2.65. The molecule has 0 bridgehead atoms. The van der Waals surface area contributed by atoms with Gasteiger partial charge in [0.15, 0.2) is 0 Å². The molecule has 3 fully saturated rings. The van der Waals surface area contributed by atoms with Crippen molar-refractivity contribution in [2.75, 3.05) is 0 Å². The van der Waals surface area contributed by atoms with E-state index in [0.717, 1.165) is 49.7 Å². The van der Waals surface area contributed by atoms with E-state index in [-0.39, 0.29) is 11.5 Å². The van der Waals surface area contributed by atoms with E-state index in [4.69, 9.17) is 0 Å². The maximum absolute atomic E-state index is 11.0. The lowest BCUT2D eigenvalue weighted by Crippen LogP contribution is -2.49. The lowest BCUT2D eigenvalue weighted by atomic mass is 9.48. The third kappa shape index (κ3) is 2.13. The van der Waals surface area contributed by atoms with Crippen LogP contribution in [0, 0.1) is 28.6 Å². The number of hydrogen-bond donors (Lipinski definition) is 1. The van der Waals surface area contributed by atoms with Gasteiger partial charge in [-0.2, -0.15) is 0 Å². The molecule has 3 unspecified atom stereocenters. The summed E-state index contributed by atoms with van der Waals surface area (Å²) in [6, 6.07) is 0. The molecule has 4 aliphatic carbocycles. The summed E-state index contributed by atoms with van der Waals surface area (Å²) in [6.45, 7) is 4.89. The first-order valence-corrected chi connectivity index (χ1v) is 9.51. The molecule has 4 rings (SSSR count). The van der Waals surface area contributed by atoms with Crippen LogP contribution >= 0.6 is 0 Å². The number of fused-ring (bicyclic) bond motifs is 5. The lowest BCUT2D eigenvalue weighted by Gasteiger charge is -2.57. The van der Waals surface area contributed by atoms with Crippen LogP contribution in [-0.4, -0.2) is 17.5 Å².